The van der Waals surface area contributed by atoms with Gasteiger partial charge in [-0.25, -0.2) is 13.6 Å². The number of ether oxygens (including phenoxy) is 1. The van der Waals surface area contributed by atoms with E-state index in [1.807, 2.05) is 20.8 Å². The van der Waals surface area contributed by atoms with E-state index in [0.29, 0.717) is 6.61 Å². The van der Waals surface area contributed by atoms with E-state index in [4.69, 9.17) is 14.3 Å². The van der Waals surface area contributed by atoms with Gasteiger partial charge in [0, 0.05) is 19.2 Å². The fourth-order valence-corrected chi connectivity index (χ4v) is 2.98. The van der Waals surface area contributed by atoms with E-state index in [-0.39, 0.29) is 21.9 Å². The number of halogens is 1. The lowest BCUT2D eigenvalue weighted by Crippen LogP contribution is -2.40. The van der Waals surface area contributed by atoms with Crippen LogP contribution in [-0.2, 0) is 14.8 Å². The lowest BCUT2D eigenvalue weighted by atomic mass is 10.1. The molecule has 0 bridgehead atoms. The van der Waals surface area contributed by atoms with Crippen LogP contribution in [0.25, 0.3) is 0 Å². The summed E-state index contributed by atoms with van der Waals surface area (Å²) in [6.07, 6.45) is 0. The van der Waals surface area contributed by atoms with Gasteiger partial charge in [-0.05, 0) is 36.7 Å². The van der Waals surface area contributed by atoms with Crippen molar-refractivity contribution in [2.45, 2.75) is 31.3 Å². The standard InChI is InChI=1S/C11H17BrN2O5S/c1-4-18-11(2,3)6-14-10(15)7-5-8(9(12)19-7)20(13,16)17/h5H,4,6H2,1-3H3,(H,14,15)(H2,13,16,17). The molecule has 0 aliphatic carbocycles. The molecule has 0 saturated heterocycles. The van der Waals surface area contributed by atoms with Crippen LogP contribution in [0, 0.1) is 0 Å². The number of nitrogens with one attached hydrogen (secondary N) is 1. The molecule has 1 amide bonds. The van der Waals surface area contributed by atoms with Crippen LogP contribution < -0.4 is 10.5 Å². The quantitative estimate of drug-likeness (QED) is 0.784. The van der Waals surface area contributed by atoms with Crippen molar-refractivity contribution < 1.29 is 22.4 Å². The van der Waals surface area contributed by atoms with E-state index < -0.39 is 21.5 Å². The molecule has 0 fully saturated rings. The van der Waals surface area contributed by atoms with Crippen molar-refractivity contribution in [2.75, 3.05) is 13.2 Å². The average Bonchev–Trinajstić information content (AvgIpc) is 2.68. The van der Waals surface area contributed by atoms with Gasteiger partial charge in [0.25, 0.3) is 5.91 Å². The van der Waals surface area contributed by atoms with Crippen LogP contribution in [0.2, 0.25) is 0 Å². The predicted octanol–water partition coefficient (Wildman–Crippen LogP) is 1.23. The van der Waals surface area contributed by atoms with E-state index in [2.05, 4.69) is 21.2 Å². The third-order valence-corrected chi connectivity index (χ3v) is 4.16. The number of sulfonamides is 1. The normalized spacial score (nSPS) is 12.4. The van der Waals surface area contributed by atoms with Gasteiger partial charge in [0.1, 0.15) is 4.90 Å². The monoisotopic (exact) mass is 368 g/mol. The maximum atomic E-state index is 11.9. The Morgan fingerprint density at radius 3 is 2.60 bits per heavy atom. The largest absolute Gasteiger partial charge is 0.443 e. The summed E-state index contributed by atoms with van der Waals surface area (Å²) in [4.78, 5) is 11.6. The van der Waals surface area contributed by atoms with Gasteiger partial charge in [-0.3, -0.25) is 4.79 Å². The van der Waals surface area contributed by atoms with Gasteiger partial charge in [0.15, 0.2) is 10.4 Å². The number of carbonyl (C=O) groups is 1. The highest BCUT2D eigenvalue weighted by molar-refractivity contribution is 9.10. The van der Waals surface area contributed by atoms with Crippen LogP contribution in [0.15, 0.2) is 20.0 Å². The minimum absolute atomic E-state index is 0.103. The smallest absolute Gasteiger partial charge is 0.287 e. The van der Waals surface area contributed by atoms with Gasteiger partial charge in [-0.1, -0.05) is 0 Å². The van der Waals surface area contributed by atoms with Crippen molar-refractivity contribution in [3.05, 3.63) is 16.5 Å². The van der Waals surface area contributed by atoms with E-state index in [1.165, 1.54) is 0 Å². The molecule has 0 unspecified atom stereocenters. The van der Waals surface area contributed by atoms with Crippen molar-refractivity contribution in [3.8, 4) is 0 Å². The molecule has 0 aliphatic rings. The Labute approximate surface area is 126 Å². The van der Waals surface area contributed by atoms with Crippen LogP contribution in [0.3, 0.4) is 0 Å². The molecule has 0 atom stereocenters. The summed E-state index contributed by atoms with van der Waals surface area (Å²) >= 11 is 2.91. The molecule has 9 heteroatoms. The first kappa shape index (κ1) is 17.2. The molecule has 114 valence electrons. The number of nitrogens with two attached hydrogens (primary N) is 1. The highest BCUT2D eigenvalue weighted by Gasteiger charge is 2.24. The van der Waals surface area contributed by atoms with E-state index in [0.717, 1.165) is 6.07 Å². The number of hydrogen-bond acceptors (Lipinski definition) is 5. The van der Waals surface area contributed by atoms with Crippen LogP contribution >= 0.6 is 15.9 Å². The molecule has 0 saturated carbocycles. The SMILES string of the molecule is CCOC(C)(C)CNC(=O)c1cc(S(N)(=O)=O)c(Br)o1. The third kappa shape index (κ3) is 4.58. The van der Waals surface area contributed by atoms with Crippen molar-refractivity contribution >= 4 is 31.9 Å². The van der Waals surface area contributed by atoms with Crippen LogP contribution in [0.1, 0.15) is 31.3 Å². The van der Waals surface area contributed by atoms with Crippen molar-refractivity contribution in [1.29, 1.82) is 0 Å². The number of carbonyl (C=O) groups excluding carboxylic acids is 1. The summed E-state index contributed by atoms with van der Waals surface area (Å²) in [6.45, 7) is 6.27. The van der Waals surface area contributed by atoms with Crippen LogP contribution in [0.5, 0.6) is 0 Å². The zero-order chi connectivity index (χ0) is 15.6. The van der Waals surface area contributed by atoms with Gasteiger partial charge in [0.2, 0.25) is 10.0 Å². The molecule has 1 rings (SSSR count). The zero-order valence-corrected chi connectivity index (χ0v) is 13.8. The number of rotatable bonds is 6. The molecule has 1 heterocycles. The van der Waals surface area contributed by atoms with E-state index in [9.17, 15) is 13.2 Å². The van der Waals surface area contributed by atoms with Crippen molar-refractivity contribution in [3.63, 3.8) is 0 Å². The van der Waals surface area contributed by atoms with E-state index in [1.54, 1.807) is 0 Å². The summed E-state index contributed by atoms with van der Waals surface area (Å²) < 4.78 is 32.8. The molecular formula is C11H17BrN2O5S. The highest BCUT2D eigenvalue weighted by atomic mass is 79.9. The Bertz CT molecular complexity index is 594. The Balaban J connectivity index is 2.80. The Kier molecular flexibility index (Phi) is 5.36. The number of furan rings is 1. The molecule has 0 radical (unpaired) electrons. The Morgan fingerprint density at radius 1 is 1.55 bits per heavy atom. The molecular weight excluding hydrogens is 352 g/mol. The van der Waals surface area contributed by atoms with Gasteiger partial charge in [0.05, 0.1) is 5.60 Å². The third-order valence-electron chi connectivity index (χ3n) is 2.40. The molecule has 3 N–H and O–H groups in total. The fraction of sp³-hybridized carbons (Fsp3) is 0.545. The Hall–Kier alpha value is -0.900. The second-order valence-corrected chi connectivity index (χ2v) is 6.92. The minimum atomic E-state index is -3.94. The van der Waals surface area contributed by atoms with Crippen LogP contribution in [-0.4, -0.2) is 33.1 Å². The average molecular weight is 369 g/mol. The maximum Gasteiger partial charge on any atom is 0.287 e. The van der Waals surface area contributed by atoms with E-state index >= 15 is 0 Å². The lowest BCUT2D eigenvalue weighted by Gasteiger charge is -2.24. The maximum absolute atomic E-state index is 11.9. The number of primary sulfonamides is 1. The Morgan fingerprint density at radius 2 is 2.15 bits per heavy atom. The molecule has 0 aliphatic heterocycles. The molecule has 1 aromatic heterocycles. The summed E-state index contributed by atoms with van der Waals surface area (Å²) in [5.41, 5.74) is -0.531. The summed E-state index contributed by atoms with van der Waals surface area (Å²) in [5.74, 6) is -0.693. The van der Waals surface area contributed by atoms with Gasteiger partial charge in [-0.15, -0.1) is 0 Å². The second-order valence-electron chi connectivity index (χ2n) is 4.67. The van der Waals surface area contributed by atoms with Gasteiger partial charge < -0.3 is 14.5 Å². The molecule has 1 aromatic rings. The fourth-order valence-electron chi connectivity index (χ4n) is 1.48. The van der Waals surface area contributed by atoms with Crippen molar-refractivity contribution in [2.24, 2.45) is 5.14 Å². The molecule has 0 aromatic carbocycles. The highest BCUT2D eigenvalue weighted by Crippen LogP contribution is 2.25. The zero-order valence-electron chi connectivity index (χ0n) is 11.4. The predicted molar refractivity (Wildman–Crippen MR) is 75.8 cm³/mol. The first-order valence-electron chi connectivity index (χ1n) is 5.81. The summed E-state index contributed by atoms with van der Waals surface area (Å²) in [5, 5.41) is 7.59. The summed E-state index contributed by atoms with van der Waals surface area (Å²) in [7, 11) is -3.94. The molecule has 0 spiro atoms. The number of hydrogen-bond donors (Lipinski definition) is 2. The van der Waals surface area contributed by atoms with Gasteiger partial charge >= 0.3 is 0 Å². The van der Waals surface area contributed by atoms with Crippen molar-refractivity contribution in [1.82, 2.24) is 5.32 Å². The summed E-state index contributed by atoms with van der Waals surface area (Å²) in [6, 6.07) is 1.07. The minimum Gasteiger partial charge on any atom is -0.443 e. The first-order chi connectivity index (χ1) is 9.07. The topological polar surface area (TPSA) is 112 Å². The van der Waals surface area contributed by atoms with Crippen LogP contribution in [0.4, 0.5) is 0 Å². The molecule has 20 heavy (non-hydrogen) atoms. The lowest BCUT2D eigenvalue weighted by molar-refractivity contribution is -0.00831. The second kappa shape index (κ2) is 6.25. The number of amides is 1. The first-order valence-corrected chi connectivity index (χ1v) is 8.15. The van der Waals surface area contributed by atoms with Gasteiger partial charge in [-0.2, -0.15) is 0 Å². The molecule has 7 nitrogen and oxygen atoms in total.